The second-order valence-corrected chi connectivity index (χ2v) is 4.29. The van der Waals surface area contributed by atoms with Crippen molar-refractivity contribution in [2.45, 2.75) is 13.0 Å². The lowest BCUT2D eigenvalue weighted by Gasteiger charge is -2.11. The largest absolute Gasteiger partial charge is 0.459 e. The van der Waals surface area contributed by atoms with E-state index in [0.29, 0.717) is 0 Å². The van der Waals surface area contributed by atoms with E-state index in [1.807, 2.05) is 0 Å². The lowest BCUT2D eigenvalue weighted by molar-refractivity contribution is 0.0169. The molecule has 6 heteroatoms. The molecule has 0 aliphatic carbocycles. The number of esters is 1. The summed E-state index contributed by atoms with van der Waals surface area (Å²) in [6.07, 6.45) is -0.168. The Morgan fingerprint density at radius 1 is 1.47 bits per heavy atom. The normalized spacial score (nSPS) is 12.2. The zero-order chi connectivity index (χ0) is 13.0. The Morgan fingerprint density at radius 3 is 2.65 bits per heavy atom. The molecule has 1 unspecified atom stereocenters. The Bertz CT molecular complexity index is 400. The average molecular weight is 278 g/mol. The molecule has 4 nitrogen and oxygen atoms in total. The predicted molar refractivity (Wildman–Crippen MR) is 67.6 cm³/mol. The monoisotopic (exact) mass is 277 g/mol. The molecule has 0 aliphatic rings. The Labute approximate surface area is 110 Å². The number of halogens is 2. The molecule has 1 rings (SSSR count). The molecule has 0 saturated carbocycles. The van der Waals surface area contributed by atoms with Crippen molar-refractivity contribution >= 4 is 34.9 Å². The molecule has 1 aromatic carbocycles. The average Bonchev–Trinajstić information content (AvgIpc) is 2.31. The molecule has 0 amide bonds. The van der Waals surface area contributed by atoms with Gasteiger partial charge in [0, 0.05) is 7.11 Å². The fourth-order valence-electron chi connectivity index (χ4n) is 1.07. The van der Waals surface area contributed by atoms with Gasteiger partial charge in [-0.25, -0.2) is 4.79 Å². The fraction of sp³-hybridized carbons (Fsp3) is 0.364. The van der Waals surface area contributed by atoms with Crippen molar-refractivity contribution in [1.29, 1.82) is 0 Å². The molecular formula is C11H13Cl2NO3. The van der Waals surface area contributed by atoms with Crippen LogP contribution in [0.5, 0.6) is 0 Å². The summed E-state index contributed by atoms with van der Waals surface area (Å²) < 4.78 is 9.96. The van der Waals surface area contributed by atoms with Crippen LogP contribution in [0, 0.1) is 0 Å². The van der Waals surface area contributed by atoms with Crippen LogP contribution in [0.4, 0.5) is 5.69 Å². The Balaban J connectivity index is 2.76. The topological polar surface area (TPSA) is 61.5 Å². The van der Waals surface area contributed by atoms with Crippen LogP contribution in [-0.2, 0) is 9.47 Å². The maximum atomic E-state index is 11.6. The number of benzene rings is 1. The molecule has 0 bridgehead atoms. The Morgan fingerprint density at radius 2 is 2.12 bits per heavy atom. The van der Waals surface area contributed by atoms with Crippen molar-refractivity contribution in [3.63, 3.8) is 0 Å². The number of hydrogen-bond donors (Lipinski definition) is 1. The van der Waals surface area contributed by atoms with Crippen molar-refractivity contribution in [1.82, 2.24) is 0 Å². The summed E-state index contributed by atoms with van der Waals surface area (Å²) >= 11 is 11.6. The van der Waals surface area contributed by atoms with Gasteiger partial charge in [-0.1, -0.05) is 23.2 Å². The van der Waals surface area contributed by atoms with Crippen LogP contribution in [0.15, 0.2) is 12.1 Å². The Hall–Kier alpha value is -0.970. The number of rotatable bonds is 4. The zero-order valence-corrected chi connectivity index (χ0v) is 11.0. The van der Waals surface area contributed by atoms with E-state index in [4.69, 9.17) is 38.4 Å². The highest BCUT2D eigenvalue weighted by Crippen LogP contribution is 2.29. The number of nitrogen functional groups attached to an aromatic ring is 1. The molecule has 0 saturated heterocycles. The molecule has 0 aromatic heterocycles. The van der Waals surface area contributed by atoms with Gasteiger partial charge in [0.25, 0.3) is 0 Å². The lowest BCUT2D eigenvalue weighted by Crippen LogP contribution is -2.17. The van der Waals surface area contributed by atoms with Crippen molar-refractivity contribution in [2.75, 3.05) is 19.5 Å². The molecule has 1 atom stereocenters. The summed E-state index contributed by atoms with van der Waals surface area (Å²) in [6, 6.07) is 2.84. The fourth-order valence-corrected chi connectivity index (χ4v) is 1.41. The third-order valence-electron chi connectivity index (χ3n) is 2.14. The summed E-state index contributed by atoms with van der Waals surface area (Å²) in [5, 5.41) is 0.451. The number of carbonyl (C=O) groups excluding carboxylic acids is 1. The van der Waals surface area contributed by atoms with Gasteiger partial charge in [0.1, 0.15) is 6.61 Å². The van der Waals surface area contributed by atoms with Crippen LogP contribution in [-0.4, -0.2) is 25.8 Å². The number of ether oxygens (including phenoxy) is 2. The smallest absolute Gasteiger partial charge is 0.338 e. The second-order valence-electron chi connectivity index (χ2n) is 3.51. The number of anilines is 1. The van der Waals surface area contributed by atoms with E-state index in [9.17, 15) is 4.79 Å². The van der Waals surface area contributed by atoms with Gasteiger partial charge in [0.2, 0.25) is 0 Å². The van der Waals surface area contributed by atoms with Gasteiger partial charge in [-0.2, -0.15) is 0 Å². The van der Waals surface area contributed by atoms with E-state index in [2.05, 4.69) is 0 Å². The molecule has 0 aliphatic heterocycles. The zero-order valence-electron chi connectivity index (χ0n) is 9.50. The maximum absolute atomic E-state index is 11.6. The predicted octanol–water partition coefficient (Wildman–Crippen LogP) is 2.77. The van der Waals surface area contributed by atoms with Crippen LogP contribution in [0.2, 0.25) is 10.0 Å². The van der Waals surface area contributed by atoms with Crippen molar-refractivity contribution < 1.29 is 14.3 Å². The Kier molecular flexibility index (Phi) is 5.05. The minimum atomic E-state index is -0.515. The van der Waals surface area contributed by atoms with Crippen molar-refractivity contribution in [2.24, 2.45) is 0 Å². The van der Waals surface area contributed by atoms with E-state index >= 15 is 0 Å². The summed E-state index contributed by atoms with van der Waals surface area (Å²) in [4.78, 5) is 11.6. The highest BCUT2D eigenvalue weighted by Gasteiger charge is 2.13. The molecule has 0 spiro atoms. The summed E-state index contributed by atoms with van der Waals surface area (Å²) in [7, 11) is 1.54. The molecular weight excluding hydrogens is 265 g/mol. The highest BCUT2D eigenvalue weighted by molar-refractivity contribution is 6.43. The lowest BCUT2D eigenvalue weighted by atomic mass is 10.2. The SMILES string of the molecule is COC(C)COC(=O)c1cc(N)c(Cl)c(Cl)c1. The third kappa shape index (κ3) is 3.77. The van der Waals surface area contributed by atoms with Crippen molar-refractivity contribution in [3.05, 3.63) is 27.7 Å². The molecule has 0 heterocycles. The first-order valence-electron chi connectivity index (χ1n) is 4.90. The first-order chi connectivity index (χ1) is 7.95. The summed E-state index contributed by atoms with van der Waals surface area (Å²) in [5.41, 5.74) is 6.10. The standard InChI is InChI=1S/C11H13Cl2NO3/c1-6(16-2)5-17-11(15)7-3-8(12)10(13)9(14)4-7/h3-4,6H,5,14H2,1-2H3. The highest BCUT2D eigenvalue weighted by atomic mass is 35.5. The van der Waals surface area contributed by atoms with Gasteiger partial charge in [0.15, 0.2) is 0 Å². The van der Waals surface area contributed by atoms with Gasteiger partial charge in [-0.15, -0.1) is 0 Å². The molecule has 17 heavy (non-hydrogen) atoms. The number of nitrogens with two attached hydrogens (primary N) is 1. The minimum absolute atomic E-state index is 0.162. The van der Waals surface area contributed by atoms with E-state index in [1.54, 1.807) is 6.92 Å². The van der Waals surface area contributed by atoms with Gasteiger partial charge in [-0.05, 0) is 19.1 Å². The quantitative estimate of drug-likeness (QED) is 0.679. The van der Waals surface area contributed by atoms with Crippen LogP contribution < -0.4 is 5.73 Å². The minimum Gasteiger partial charge on any atom is -0.459 e. The van der Waals surface area contributed by atoms with E-state index in [0.717, 1.165) is 0 Å². The van der Waals surface area contributed by atoms with Crippen LogP contribution >= 0.6 is 23.2 Å². The maximum Gasteiger partial charge on any atom is 0.338 e. The van der Waals surface area contributed by atoms with Crippen LogP contribution in [0.1, 0.15) is 17.3 Å². The molecule has 2 N–H and O–H groups in total. The number of hydrogen-bond acceptors (Lipinski definition) is 4. The van der Waals surface area contributed by atoms with E-state index in [1.165, 1.54) is 19.2 Å². The summed E-state index contributed by atoms with van der Waals surface area (Å²) in [5.74, 6) is -0.515. The molecule has 1 aromatic rings. The third-order valence-corrected chi connectivity index (χ3v) is 2.96. The first kappa shape index (κ1) is 14.1. The summed E-state index contributed by atoms with van der Waals surface area (Å²) in [6.45, 7) is 1.95. The number of carbonyl (C=O) groups is 1. The number of methoxy groups -OCH3 is 1. The molecule has 94 valence electrons. The van der Waals surface area contributed by atoms with Crippen molar-refractivity contribution in [3.8, 4) is 0 Å². The second kappa shape index (κ2) is 6.10. The first-order valence-corrected chi connectivity index (χ1v) is 5.65. The van der Waals surface area contributed by atoms with E-state index in [-0.39, 0.29) is 34.0 Å². The van der Waals surface area contributed by atoms with E-state index < -0.39 is 5.97 Å². The van der Waals surface area contributed by atoms with Gasteiger partial charge in [0.05, 0.1) is 27.4 Å². The van der Waals surface area contributed by atoms with Crippen LogP contribution in [0.3, 0.4) is 0 Å². The molecule has 0 radical (unpaired) electrons. The van der Waals surface area contributed by atoms with Gasteiger partial charge >= 0.3 is 5.97 Å². The van der Waals surface area contributed by atoms with Crippen LogP contribution in [0.25, 0.3) is 0 Å². The molecule has 0 fully saturated rings. The van der Waals surface area contributed by atoms with Gasteiger partial charge < -0.3 is 15.2 Å². The van der Waals surface area contributed by atoms with Gasteiger partial charge in [-0.3, -0.25) is 0 Å².